The first kappa shape index (κ1) is 22.3. The van der Waals surface area contributed by atoms with E-state index >= 15 is 0 Å². The number of aryl methyl sites for hydroxylation is 1. The second kappa shape index (κ2) is 9.59. The van der Waals surface area contributed by atoms with E-state index in [1.807, 2.05) is 24.3 Å². The first-order valence-corrected chi connectivity index (χ1v) is 10.4. The van der Waals surface area contributed by atoms with Gasteiger partial charge in [0.1, 0.15) is 11.8 Å². The Labute approximate surface area is 182 Å². The number of nitrogens with zero attached hydrogens (tertiary/aromatic N) is 2. The lowest BCUT2D eigenvalue weighted by Gasteiger charge is -2.23. The van der Waals surface area contributed by atoms with Gasteiger partial charge in [-0.15, -0.1) is 0 Å². The van der Waals surface area contributed by atoms with E-state index < -0.39 is 6.04 Å². The van der Waals surface area contributed by atoms with Gasteiger partial charge in [-0.1, -0.05) is 29.4 Å². The maximum Gasteiger partial charge on any atom is 0.243 e. The van der Waals surface area contributed by atoms with E-state index in [0.717, 1.165) is 28.8 Å². The fourth-order valence-electron chi connectivity index (χ4n) is 3.92. The number of amides is 2. The minimum absolute atomic E-state index is 0.106. The summed E-state index contributed by atoms with van der Waals surface area (Å²) in [6, 6.07) is 8.88. The molecule has 0 bridgehead atoms. The lowest BCUT2D eigenvalue weighted by Crippen LogP contribution is -2.46. The molecule has 0 radical (unpaired) electrons. The van der Waals surface area contributed by atoms with Crippen LogP contribution in [0, 0.1) is 12.3 Å². The zero-order valence-corrected chi connectivity index (χ0v) is 18.2. The van der Waals surface area contributed by atoms with Crippen LogP contribution in [0.5, 0.6) is 0 Å². The number of carbonyl (C=O) groups is 2. The Morgan fingerprint density at radius 1 is 1.29 bits per heavy atom. The predicted octanol–water partition coefficient (Wildman–Crippen LogP) is 2.56. The molecule has 3 rings (SSSR count). The number of hydrogen-bond acceptors (Lipinski definition) is 6. The number of nitrogens with two attached hydrogens (primary N) is 1. The van der Waals surface area contributed by atoms with E-state index in [1.165, 1.54) is 0 Å². The normalized spacial score (nSPS) is 16.7. The number of allylic oxidation sites excluding steroid dienone is 2. The first-order chi connectivity index (χ1) is 14.8. The Morgan fingerprint density at radius 3 is 2.58 bits per heavy atom. The van der Waals surface area contributed by atoms with Gasteiger partial charge < -0.3 is 25.9 Å². The van der Waals surface area contributed by atoms with Crippen LogP contribution in [0.25, 0.3) is 5.57 Å². The molecule has 1 atom stereocenters. The van der Waals surface area contributed by atoms with Crippen molar-refractivity contribution in [2.75, 3.05) is 6.54 Å². The van der Waals surface area contributed by atoms with Crippen molar-refractivity contribution in [2.24, 2.45) is 5.73 Å². The molecule has 1 aliphatic rings. The Morgan fingerprint density at radius 2 is 2.00 bits per heavy atom. The first-order valence-electron chi connectivity index (χ1n) is 10.4. The standard InChI is InChI=1S/C23H29N5O3/c1-14-11-19(31-27-14)12-21(29)28-10-4-5-20(28)23(30)26-13-17-6-8-18(9-7-17)22(15(2)24)16(3)25/h6-9,11,20,24H,4-5,10,12-13,25H2,1-3H3,(H,26,30)/b22-16+,24-15?. The second-order valence-electron chi connectivity index (χ2n) is 7.95. The fraction of sp³-hybridized carbons (Fsp3) is 0.391. The van der Waals surface area contributed by atoms with Gasteiger partial charge >= 0.3 is 0 Å². The van der Waals surface area contributed by atoms with Crippen molar-refractivity contribution in [1.82, 2.24) is 15.4 Å². The number of rotatable bonds is 7. The highest BCUT2D eigenvalue weighted by atomic mass is 16.5. The number of carbonyl (C=O) groups excluding carboxylic acids is 2. The van der Waals surface area contributed by atoms with Crippen LogP contribution < -0.4 is 11.1 Å². The maximum atomic E-state index is 12.8. The average Bonchev–Trinajstić information content (AvgIpc) is 3.36. The van der Waals surface area contributed by atoms with Crippen LogP contribution in [0.4, 0.5) is 0 Å². The van der Waals surface area contributed by atoms with Gasteiger partial charge in [-0.2, -0.15) is 0 Å². The number of benzene rings is 1. The largest absolute Gasteiger partial charge is 0.402 e. The summed E-state index contributed by atoms with van der Waals surface area (Å²) in [5.41, 5.74) is 10.2. The Balaban J connectivity index is 1.59. The fourth-order valence-corrected chi connectivity index (χ4v) is 3.92. The highest BCUT2D eigenvalue weighted by Crippen LogP contribution is 2.21. The zero-order chi connectivity index (χ0) is 22.5. The Hall–Kier alpha value is -3.42. The van der Waals surface area contributed by atoms with Crippen molar-refractivity contribution in [3.63, 3.8) is 0 Å². The molecule has 31 heavy (non-hydrogen) atoms. The van der Waals surface area contributed by atoms with Gasteiger partial charge in [-0.3, -0.25) is 9.59 Å². The molecule has 0 spiro atoms. The topological polar surface area (TPSA) is 125 Å². The summed E-state index contributed by atoms with van der Waals surface area (Å²) < 4.78 is 5.13. The van der Waals surface area contributed by atoms with Crippen LogP contribution >= 0.6 is 0 Å². The van der Waals surface area contributed by atoms with E-state index in [1.54, 1.807) is 31.7 Å². The van der Waals surface area contributed by atoms with Gasteiger partial charge in [0, 0.05) is 36.1 Å². The molecule has 1 aromatic carbocycles. The highest BCUT2D eigenvalue weighted by molar-refractivity contribution is 6.21. The molecule has 164 valence electrons. The lowest BCUT2D eigenvalue weighted by atomic mass is 9.99. The predicted molar refractivity (Wildman–Crippen MR) is 118 cm³/mol. The maximum absolute atomic E-state index is 12.8. The molecule has 1 unspecified atom stereocenters. The van der Waals surface area contributed by atoms with Crippen molar-refractivity contribution < 1.29 is 14.1 Å². The third kappa shape index (κ3) is 5.39. The summed E-state index contributed by atoms with van der Waals surface area (Å²) in [5, 5.41) is 14.6. The summed E-state index contributed by atoms with van der Waals surface area (Å²) >= 11 is 0. The molecular formula is C23H29N5O3. The molecule has 1 saturated heterocycles. The van der Waals surface area contributed by atoms with Gasteiger partial charge in [0.25, 0.3) is 0 Å². The SMILES string of the molecule is CC(=N)/C(=C(/C)N)c1ccc(CNC(=O)C2CCCN2C(=O)Cc2cc(C)no2)cc1. The molecule has 0 aliphatic carbocycles. The van der Waals surface area contributed by atoms with Crippen LogP contribution in [-0.4, -0.2) is 40.2 Å². The molecule has 0 saturated carbocycles. The van der Waals surface area contributed by atoms with E-state index in [0.29, 0.717) is 36.7 Å². The smallest absolute Gasteiger partial charge is 0.243 e. The van der Waals surface area contributed by atoms with Gasteiger partial charge in [0.15, 0.2) is 0 Å². The monoisotopic (exact) mass is 423 g/mol. The van der Waals surface area contributed by atoms with Crippen molar-refractivity contribution in [3.8, 4) is 0 Å². The second-order valence-corrected chi connectivity index (χ2v) is 7.95. The summed E-state index contributed by atoms with van der Waals surface area (Å²) in [6.07, 6.45) is 1.55. The van der Waals surface area contributed by atoms with Gasteiger partial charge in [-0.25, -0.2) is 0 Å². The quantitative estimate of drug-likeness (QED) is 0.590. The highest BCUT2D eigenvalue weighted by Gasteiger charge is 2.34. The van der Waals surface area contributed by atoms with Crippen molar-refractivity contribution in [3.05, 3.63) is 58.6 Å². The third-order valence-corrected chi connectivity index (χ3v) is 5.36. The Bertz CT molecular complexity index is 1000. The van der Waals surface area contributed by atoms with Gasteiger partial charge in [0.2, 0.25) is 11.8 Å². The molecule has 2 heterocycles. The molecule has 1 aromatic heterocycles. The minimum atomic E-state index is -0.467. The number of aromatic nitrogens is 1. The lowest BCUT2D eigenvalue weighted by molar-refractivity contribution is -0.138. The number of likely N-dealkylation sites (tertiary alicyclic amines) is 1. The van der Waals surface area contributed by atoms with Gasteiger partial charge in [-0.05, 0) is 44.7 Å². The average molecular weight is 424 g/mol. The minimum Gasteiger partial charge on any atom is -0.402 e. The van der Waals surface area contributed by atoms with E-state index in [2.05, 4.69) is 10.5 Å². The zero-order valence-electron chi connectivity index (χ0n) is 18.2. The number of nitrogens with one attached hydrogen (secondary N) is 2. The molecule has 2 aromatic rings. The molecule has 8 heteroatoms. The van der Waals surface area contributed by atoms with Crippen molar-refractivity contribution in [2.45, 2.75) is 52.6 Å². The molecule has 8 nitrogen and oxygen atoms in total. The van der Waals surface area contributed by atoms with Crippen molar-refractivity contribution >= 4 is 23.1 Å². The molecule has 1 fully saturated rings. The summed E-state index contributed by atoms with van der Waals surface area (Å²) in [5.74, 6) is 0.226. The van der Waals surface area contributed by atoms with E-state index in [-0.39, 0.29) is 18.2 Å². The van der Waals surface area contributed by atoms with Crippen molar-refractivity contribution in [1.29, 1.82) is 5.41 Å². The Kier molecular flexibility index (Phi) is 6.89. The van der Waals surface area contributed by atoms with Crippen LogP contribution in [0.15, 0.2) is 40.6 Å². The molecule has 2 amide bonds. The van der Waals surface area contributed by atoms with Crippen LogP contribution in [0.3, 0.4) is 0 Å². The number of hydrogen-bond donors (Lipinski definition) is 3. The van der Waals surface area contributed by atoms with Crippen LogP contribution in [0.1, 0.15) is 49.3 Å². The molecule has 4 N–H and O–H groups in total. The van der Waals surface area contributed by atoms with Crippen LogP contribution in [0.2, 0.25) is 0 Å². The van der Waals surface area contributed by atoms with Crippen LogP contribution in [-0.2, 0) is 22.6 Å². The van der Waals surface area contributed by atoms with Gasteiger partial charge in [0.05, 0.1) is 12.1 Å². The summed E-state index contributed by atoms with van der Waals surface area (Å²) in [7, 11) is 0. The summed E-state index contributed by atoms with van der Waals surface area (Å²) in [4.78, 5) is 27.0. The van der Waals surface area contributed by atoms with E-state index in [9.17, 15) is 9.59 Å². The summed E-state index contributed by atoms with van der Waals surface area (Å²) in [6.45, 7) is 6.22. The molecule has 1 aliphatic heterocycles. The van der Waals surface area contributed by atoms with E-state index in [4.69, 9.17) is 15.7 Å². The third-order valence-electron chi connectivity index (χ3n) is 5.36. The molecular weight excluding hydrogens is 394 g/mol.